The van der Waals surface area contributed by atoms with Gasteiger partial charge in [0.05, 0.1) is 0 Å². The zero-order chi connectivity index (χ0) is 44.6. The number of aryl methyl sites for hydroxylation is 4. The SMILES string of the molecule is c1ccc2c(c1)CCCC2c1cc2c3c(c1)N1CCCc4cccc(c41)B3c1cc3c(cc1N2)sc1cc2c(cc13)B1c3cccc4c3N(CCC4)c3cc(N4CCCc5ccccc54)cc(c31)N2. The summed E-state index contributed by atoms with van der Waals surface area (Å²) < 4.78 is 2.70. The lowest BCUT2D eigenvalue weighted by Gasteiger charge is -2.44. The molecule has 9 aromatic rings. The van der Waals surface area contributed by atoms with Gasteiger partial charge in [-0.3, -0.25) is 0 Å². The molecule has 0 saturated carbocycles. The third-order valence-corrected chi connectivity index (χ3v) is 18.9. The Hall–Kier alpha value is -6.89. The highest BCUT2D eigenvalue weighted by atomic mass is 32.1. The molecule has 69 heavy (non-hydrogen) atoms. The van der Waals surface area contributed by atoms with E-state index in [2.05, 4.69) is 159 Å². The van der Waals surface area contributed by atoms with E-state index in [9.17, 15) is 0 Å². The number of para-hydroxylation sites is 3. The number of hydrogen-bond donors (Lipinski definition) is 2. The van der Waals surface area contributed by atoms with Crippen molar-refractivity contribution in [2.24, 2.45) is 0 Å². The van der Waals surface area contributed by atoms with E-state index in [-0.39, 0.29) is 13.4 Å². The Morgan fingerprint density at radius 2 is 1.01 bits per heavy atom. The van der Waals surface area contributed by atoms with Crippen molar-refractivity contribution in [3.05, 3.63) is 167 Å². The molecule has 7 aliphatic heterocycles. The predicted molar refractivity (Wildman–Crippen MR) is 295 cm³/mol. The van der Waals surface area contributed by atoms with E-state index in [1.165, 1.54) is 182 Å². The van der Waals surface area contributed by atoms with E-state index in [0.717, 1.165) is 38.9 Å². The van der Waals surface area contributed by atoms with Gasteiger partial charge in [-0.15, -0.1) is 11.3 Å². The molecule has 1 aliphatic carbocycles. The molecular weight excluding hydrogens is 856 g/mol. The lowest BCUT2D eigenvalue weighted by molar-refractivity contribution is 0.616. The molecule has 0 radical (unpaired) electrons. The molecule has 5 nitrogen and oxygen atoms in total. The molecule has 330 valence electrons. The Balaban J connectivity index is 0.854. The Bertz CT molecular complexity index is 3540. The van der Waals surface area contributed by atoms with Crippen LogP contribution in [0.1, 0.15) is 71.4 Å². The molecule has 1 atom stereocenters. The quantitative estimate of drug-likeness (QED) is 0.169. The summed E-state index contributed by atoms with van der Waals surface area (Å²) >= 11 is 1.96. The summed E-state index contributed by atoms with van der Waals surface area (Å²) in [6, 6.07) is 53.0. The number of rotatable bonds is 2. The summed E-state index contributed by atoms with van der Waals surface area (Å²) in [5, 5.41) is 11.0. The number of nitrogens with zero attached hydrogens (tertiary/aromatic N) is 3. The molecule has 8 heteroatoms. The molecule has 0 amide bonds. The zero-order valence-electron chi connectivity index (χ0n) is 38.7. The summed E-state index contributed by atoms with van der Waals surface area (Å²) in [5.41, 5.74) is 31.0. The largest absolute Gasteiger partial charge is 0.356 e. The first-order chi connectivity index (χ1) is 34.2. The first kappa shape index (κ1) is 38.0. The first-order valence-electron chi connectivity index (χ1n) is 25.8. The van der Waals surface area contributed by atoms with Crippen LogP contribution in [0, 0.1) is 0 Å². The lowest BCUT2D eigenvalue weighted by atomic mass is 9.33. The van der Waals surface area contributed by atoms with Gasteiger partial charge < -0.3 is 25.3 Å². The minimum absolute atomic E-state index is 0.150. The molecule has 8 aliphatic rings. The van der Waals surface area contributed by atoms with Gasteiger partial charge in [-0.1, -0.05) is 91.0 Å². The summed E-state index contributed by atoms with van der Waals surface area (Å²) in [6.07, 6.45) is 10.6. The van der Waals surface area contributed by atoms with Crippen LogP contribution in [0.3, 0.4) is 0 Å². The number of thiophene rings is 1. The Labute approximate surface area is 408 Å². The van der Waals surface area contributed by atoms with Crippen molar-refractivity contribution in [2.75, 3.05) is 45.0 Å². The fraction of sp³-hybridized carbons (Fsp3) is 0.213. The number of fused-ring (bicyclic) bond motifs is 13. The molecule has 1 unspecified atom stereocenters. The molecule has 0 fully saturated rings. The molecule has 0 spiro atoms. The van der Waals surface area contributed by atoms with Gasteiger partial charge in [0.15, 0.2) is 0 Å². The van der Waals surface area contributed by atoms with Crippen molar-refractivity contribution in [1.29, 1.82) is 0 Å². The van der Waals surface area contributed by atoms with Crippen LogP contribution in [0.25, 0.3) is 20.2 Å². The maximum Gasteiger partial charge on any atom is 0.252 e. The predicted octanol–water partition coefficient (Wildman–Crippen LogP) is 10.5. The van der Waals surface area contributed by atoms with Crippen LogP contribution in [0.2, 0.25) is 0 Å². The standard InChI is InChI=1S/C61H49B2N5S/c1-3-19-41-35(11-1)13-5-20-42(41)39-27-51-58-54(28-39)67-25-9-17-37-14-6-21-45(60(37)67)62(58)47-31-43-44-32-48-50(34-57(44)69-56(43)33-49(47)64-51)65-52-29-40(66-24-8-16-36-12-2-4-23-53(36)66)30-55-59(52)63(48)46-22-7-15-38-18-10-26-68(55)61(38)46/h1-4,6-7,11-12,14-15,19,21-23,27-34,42,64-65H,5,8-10,13,16-18,20,24-26H2. The third kappa shape index (κ3) is 5.18. The van der Waals surface area contributed by atoms with E-state index < -0.39 is 0 Å². The highest BCUT2D eigenvalue weighted by Gasteiger charge is 2.45. The van der Waals surface area contributed by atoms with Crippen LogP contribution in [0.5, 0.6) is 0 Å². The van der Waals surface area contributed by atoms with Gasteiger partial charge in [0.25, 0.3) is 13.4 Å². The fourth-order valence-electron chi connectivity index (χ4n) is 15.0. The lowest BCUT2D eigenvalue weighted by Crippen LogP contribution is -2.61. The van der Waals surface area contributed by atoms with E-state index in [0.29, 0.717) is 5.92 Å². The Morgan fingerprint density at radius 1 is 0.449 bits per heavy atom. The molecule has 1 aromatic heterocycles. The van der Waals surface area contributed by atoms with Crippen LogP contribution in [0.4, 0.5) is 56.9 Å². The van der Waals surface area contributed by atoms with Gasteiger partial charge in [0, 0.05) is 91.8 Å². The molecular formula is C61H49B2N5S. The molecule has 0 bridgehead atoms. The highest BCUT2D eigenvalue weighted by Crippen LogP contribution is 2.48. The minimum atomic E-state index is 0.150. The molecule has 0 saturated heterocycles. The van der Waals surface area contributed by atoms with E-state index >= 15 is 0 Å². The average Bonchev–Trinajstić information content (AvgIpc) is 3.74. The molecule has 8 heterocycles. The van der Waals surface area contributed by atoms with Gasteiger partial charge in [-0.2, -0.15) is 0 Å². The zero-order valence-corrected chi connectivity index (χ0v) is 39.5. The second-order valence-corrected chi connectivity index (χ2v) is 22.3. The van der Waals surface area contributed by atoms with Crippen molar-refractivity contribution in [2.45, 2.75) is 63.7 Å². The van der Waals surface area contributed by atoms with Crippen molar-refractivity contribution >= 4 is 135 Å². The number of benzene rings is 8. The van der Waals surface area contributed by atoms with Crippen LogP contribution in [-0.4, -0.2) is 33.1 Å². The van der Waals surface area contributed by atoms with Crippen molar-refractivity contribution < 1.29 is 0 Å². The number of nitrogens with one attached hydrogen (secondary N) is 2. The summed E-state index contributed by atoms with van der Waals surface area (Å²) in [5.74, 6) is 0.410. The van der Waals surface area contributed by atoms with Gasteiger partial charge in [-0.05, 0) is 177 Å². The minimum Gasteiger partial charge on any atom is -0.356 e. The van der Waals surface area contributed by atoms with Gasteiger partial charge in [0.1, 0.15) is 0 Å². The molecule has 8 aromatic carbocycles. The maximum atomic E-state index is 4.15. The summed E-state index contributed by atoms with van der Waals surface area (Å²) in [6.45, 7) is 3.46. The third-order valence-electron chi connectivity index (χ3n) is 17.8. The average molecular weight is 906 g/mol. The van der Waals surface area contributed by atoms with E-state index in [1.54, 1.807) is 0 Å². The monoisotopic (exact) mass is 905 g/mol. The second-order valence-electron chi connectivity index (χ2n) is 21.3. The first-order valence-corrected chi connectivity index (χ1v) is 26.7. The van der Waals surface area contributed by atoms with Crippen molar-refractivity contribution in [3.8, 4) is 0 Å². The highest BCUT2D eigenvalue weighted by molar-refractivity contribution is 7.26. The van der Waals surface area contributed by atoms with Gasteiger partial charge in [0.2, 0.25) is 0 Å². The van der Waals surface area contributed by atoms with E-state index in [4.69, 9.17) is 0 Å². The van der Waals surface area contributed by atoms with Crippen LogP contribution < -0.4 is 58.1 Å². The fourth-order valence-corrected chi connectivity index (χ4v) is 16.1. The van der Waals surface area contributed by atoms with Crippen LogP contribution >= 0.6 is 11.3 Å². The van der Waals surface area contributed by atoms with E-state index in [1.807, 2.05) is 11.3 Å². The molecule has 2 N–H and O–H groups in total. The maximum absolute atomic E-state index is 4.15. The van der Waals surface area contributed by atoms with Crippen LogP contribution in [-0.2, 0) is 25.7 Å². The number of anilines is 10. The summed E-state index contributed by atoms with van der Waals surface area (Å²) in [4.78, 5) is 7.98. The normalized spacial score (nSPS) is 18.3. The van der Waals surface area contributed by atoms with Crippen molar-refractivity contribution in [1.82, 2.24) is 0 Å². The van der Waals surface area contributed by atoms with Crippen LogP contribution in [0.15, 0.2) is 133 Å². The number of hydrogen-bond acceptors (Lipinski definition) is 6. The van der Waals surface area contributed by atoms with Crippen molar-refractivity contribution in [3.63, 3.8) is 0 Å². The Kier molecular flexibility index (Phi) is 7.65. The van der Waals surface area contributed by atoms with Gasteiger partial charge >= 0.3 is 0 Å². The van der Waals surface area contributed by atoms with Gasteiger partial charge in [-0.25, -0.2) is 0 Å². The smallest absolute Gasteiger partial charge is 0.252 e. The Morgan fingerprint density at radius 3 is 1.71 bits per heavy atom. The second kappa shape index (κ2) is 13.9. The molecule has 17 rings (SSSR count). The summed E-state index contributed by atoms with van der Waals surface area (Å²) in [7, 11) is 0. The topological polar surface area (TPSA) is 33.8 Å².